The number of ether oxygens (including phenoxy) is 2. The summed E-state index contributed by atoms with van der Waals surface area (Å²) >= 11 is 0. The lowest BCUT2D eigenvalue weighted by atomic mass is 9.90. The van der Waals surface area contributed by atoms with Gasteiger partial charge in [-0.05, 0) is 45.1 Å². The van der Waals surface area contributed by atoms with E-state index in [0.29, 0.717) is 18.3 Å². The maximum Gasteiger partial charge on any atom is 0.259 e. The standard InChI is InChI=1S/C21H29N3O3/c1-3-26-21(20-22-19(23-27-20)18-8-5-13-25-18)9-11-24(12-10-21)15-17-7-4-6-16(2)14-17/h4,6-7,14,18H,3,5,8-13,15H2,1-2H3/t18-/m1/s1. The van der Waals surface area contributed by atoms with Gasteiger partial charge in [0.15, 0.2) is 0 Å². The fourth-order valence-corrected chi connectivity index (χ4v) is 4.17. The average molecular weight is 371 g/mol. The summed E-state index contributed by atoms with van der Waals surface area (Å²) in [6.07, 6.45) is 3.71. The molecule has 0 saturated carbocycles. The van der Waals surface area contributed by atoms with E-state index in [-0.39, 0.29) is 6.10 Å². The SMILES string of the molecule is CCOC1(c2nc([C@H]3CCCO3)no2)CCN(Cc2cccc(C)c2)CC1. The fraction of sp³-hybridized carbons (Fsp3) is 0.619. The molecule has 2 aliphatic rings. The van der Waals surface area contributed by atoms with Gasteiger partial charge in [-0.25, -0.2) is 0 Å². The Balaban J connectivity index is 1.44. The van der Waals surface area contributed by atoms with Crippen molar-refractivity contribution < 1.29 is 14.0 Å². The Bertz CT molecular complexity index is 747. The number of aromatic nitrogens is 2. The Kier molecular flexibility index (Phi) is 5.57. The second-order valence-corrected chi connectivity index (χ2v) is 7.65. The van der Waals surface area contributed by atoms with E-state index in [9.17, 15) is 0 Å². The quantitative estimate of drug-likeness (QED) is 0.771. The number of nitrogens with zero attached hydrogens (tertiary/aromatic N) is 3. The predicted octanol–water partition coefficient (Wildman–Crippen LogP) is 3.76. The molecule has 2 aliphatic heterocycles. The number of likely N-dealkylation sites (tertiary alicyclic amines) is 1. The first-order valence-electron chi connectivity index (χ1n) is 10.1. The third-order valence-corrected chi connectivity index (χ3v) is 5.62. The Morgan fingerprint density at radius 3 is 2.85 bits per heavy atom. The molecule has 0 radical (unpaired) electrons. The molecule has 0 bridgehead atoms. The monoisotopic (exact) mass is 371 g/mol. The Hall–Kier alpha value is -1.76. The number of aryl methyl sites for hydroxylation is 1. The second-order valence-electron chi connectivity index (χ2n) is 7.65. The number of rotatable bonds is 6. The van der Waals surface area contributed by atoms with E-state index in [1.807, 2.05) is 6.92 Å². The molecule has 6 heteroatoms. The van der Waals surface area contributed by atoms with Crippen molar-refractivity contribution in [2.24, 2.45) is 0 Å². The predicted molar refractivity (Wildman–Crippen MR) is 101 cm³/mol. The van der Waals surface area contributed by atoms with Gasteiger partial charge in [0.05, 0.1) is 0 Å². The maximum absolute atomic E-state index is 6.19. The smallest absolute Gasteiger partial charge is 0.259 e. The van der Waals surface area contributed by atoms with E-state index >= 15 is 0 Å². The third kappa shape index (κ3) is 4.08. The molecule has 3 heterocycles. The molecular formula is C21H29N3O3. The zero-order chi connectivity index (χ0) is 18.7. The normalized spacial score (nSPS) is 23.0. The van der Waals surface area contributed by atoms with E-state index in [2.05, 4.69) is 46.2 Å². The van der Waals surface area contributed by atoms with Crippen LogP contribution in [0.3, 0.4) is 0 Å². The molecule has 6 nitrogen and oxygen atoms in total. The second kappa shape index (κ2) is 8.09. The van der Waals surface area contributed by atoms with Gasteiger partial charge in [-0.2, -0.15) is 4.98 Å². The van der Waals surface area contributed by atoms with E-state index in [1.165, 1.54) is 11.1 Å². The van der Waals surface area contributed by atoms with Crippen molar-refractivity contribution in [1.29, 1.82) is 0 Å². The average Bonchev–Trinajstić information content (AvgIpc) is 3.36. The molecule has 0 aliphatic carbocycles. The summed E-state index contributed by atoms with van der Waals surface area (Å²) in [6.45, 7) is 8.44. The van der Waals surface area contributed by atoms with Crippen molar-refractivity contribution in [3.05, 3.63) is 47.1 Å². The van der Waals surface area contributed by atoms with E-state index in [1.54, 1.807) is 0 Å². The molecule has 1 atom stereocenters. The highest BCUT2D eigenvalue weighted by Gasteiger charge is 2.42. The largest absolute Gasteiger partial charge is 0.370 e. The van der Waals surface area contributed by atoms with Crippen molar-refractivity contribution in [3.8, 4) is 0 Å². The number of piperidine rings is 1. The molecule has 2 aromatic rings. The van der Waals surface area contributed by atoms with Crippen LogP contribution in [-0.4, -0.2) is 41.3 Å². The van der Waals surface area contributed by atoms with Gasteiger partial charge in [0.1, 0.15) is 11.7 Å². The van der Waals surface area contributed by atoms with E-state index in [0.717, 1.165) is 51.9 Å². The summed E-state index contributed by atoms with van der Waals surface area (Å²) in [7, 11) is 0. The summed E-state index contributed by atoms with van der Waals surface area (Å²) in [4.78, 5) is 7.16. The Labute approximate surface area is 160 Å². The lowest BCUT2D eigenvalue weighted by Gasteiger charge is -2.39. The van der Waals surface area contributed by atoms with Crippen molar-refractivity contribution in [2.45, 2.75) is 57.8 Å². The number of benzene rings is 1. The van der Waals surface area contributed by atoms with Crippen molar-refractivity contribution in [2.75, 3.05) is 26.3 Å². The van der Waals surface area contributed by atoms with Crippen LogP contribution in [0.25, 0.3) is 0 Å². The Morgan fingerprint density at radius 1 is 1.30 bits per heavy atom. The summed E-state index contributed by atoms with van der Waals surface area (Å²) in [5.41, 5.74) is 2.19. The van der Waals surface area contributed by atoms with Crippen LogP contribution in [0.2, 0.25) is 0 Å². The van der Waals surface area contributed by atoms with Crippen molar-refractivity contribution >= 4 is 0 Å². The number of hydrogen-bond acceptors (Lipinski definition) is 6. The highest BCUT2D eigenvalue weighted by atomic mass is 16.5. The maximum atomic E-state index is 6.19. The third-order valence-electron chi connectivity index (χ3n) is 5.62. The lowest BCUT2D eigenvalue weighted by molar-refractivity contribution is -0.104. The van der Waals surface area contributed by atoms with Crippen LogP contribution >= 0.6 is 0 Å². The van der Waals surface area contributed by atoms with Gasteiger partial charge in [-0.3, -0.25) is 4.90 Å². The molecule has 146 valence electrons. The highest BCUT2D eigenvalue weighted by molar-refractivity contribution is 5.22. The van der Waals surface area contributed by atoms with Crippen LogP contribution in [0.5, 0.6) is 0 Å². The summed E-state index contributed by atoms with van der Waals surface area (Å²) < 4.78 is 17.5. The molecule has 1 aromatic heterocycles. The zero-order valence-corrected chi connectivity index (χ0v) is 16.3. The van der Waals surface area contributed by atoms with Gasteiger partial charge in [0.25, 0.3) is 5.89 Å². The van der Waals surface area contributed by atoms with Crippen LogP contribution in [0.1, 0.15) is 61.6 Å². The number of hydrogen-bond donors (Lipinski definition) is 0. The lowest BCUT2D eigenvalue weighted by Crippen LogP contribution is -2.44. The first kappa shape index (κ1) is 18.6. The van der Waals surface area contributed by atoms with Crippen LogP contribution in [0.15, 0.2) is 28.8 Å². The van der Waals surface area contributed by atoms with E-state index in [4.69, 9.17) is 14.0 Å². The summed E-state index contributed by atoms with van der Waals surface area (Å²) in [5, 5.41) is 4.19. The molecule has 0 unspecified atom stereocenters. The van der Waals surface area contributed by atoms with Gasteiger partial charge in [0, 0.05) is 32.8 Å². The summed E-state index contributed by atoms with van der Waals surface area (Å²) in [5.74, 6) is 1.29. The van der Waals surface area contributed by atoms with Gasteiger partial charge < -0.3 is 14.0 Å². The molecule has 2 saturated heterocycles. The first-order chi connectivity index (χ1) is 13.2. The first-order valence-corrected chi connectivity index (χ1v) is 10.1. The molecular weight excluding hydrogens is 342 g/mol. The fourth-order valence-electron chi connectivity index (χ4n) is 4.17. The van der Waals surface area contributed by atoms with Crippen LogP contribution < -0.4 is 0 Å². The Morgan fingerprint density at radius 2 is 2.15 bits per heavy atom. The molecule has 4 rings (SSSR count). The minimum absolute atomic E-state index is 0.0254. The van der Waals surface area contributed by atoms with Crippen LogP contribution in [0.4, 0.5) is 0 Å². The van der Waals surface area contributed by atoms with Crippen molar-refractivity contribution in [1.82, 2.24) is 15.0 Å². The van der Waals surface area contributed by atoms with Crippen LogP contribution in [-0.2, 0) is 21.6 Å². The zero-order valence-electron chi connectivity index (χ0n) is 16.3. The highest BCUT2D eigenvalue weighted by Crippen LogP contribution is 2.37. The molecule has 0 amide bonds. The minimum Gasteiger partial charge on any atom is -0.370 e. The molecule has 0 N–H and O–H groups in total. The molecule has 2 fully saturated rings. The van der Waals surface area contributed by atoms with Crippen LogP contribution in [0, 0.1) is 6.92 Å². The van der Waals surface area contributed by atoms with Crippen molar-refractivity contribution in [3.63, 3.8) is 0 Å². The topological polar surface area (TPSA) is 60.6 Å². The van der Waals surface area contributed by atoms with Gasteiger partial charge in [0.2, 0.25) is 5.82 Å². The van der Waals surface area contributed by atoms with Gasteiger partial charge in [-0.15, -0.1) is 0 Å². The molecule has 27 heavy (non-hydrogen) atoms. The molecule has 0 spiro atoms. The summed E-state index contributed by atoms with van der Waals surface area (Å²) in [6, 6.07) is 8.73. The minimum atomic E-state index is -0.471. The van der Waals surface area contributed by atoms with Gasteiger partial charge in [-0.1, -0.05) is 35.0 Å². The molecule has 1 aromatic carbocycles. The van der Waals surface area contributed by atoms with E-state index < -0.39 is 5.60 Å². The van der Waals surface area contributed by atoms with Gasteiger partial charge >= 0.3 is 0 Å².